The molecule has 0 unspecified atom stereocenters. The van der Waals surface area contributed by atoms with E-state index >= 15 is 0 Å². The van der Waals surface area contributed by atoms with E-state index < -0.39 is 0 Å². The van der Waals surface area contributed by atoms with E-state index in [-0.39, 0.29) is 24.6 Å². The molecule has 1 aliphatic heterocycles. The van der Waals surface area contributed by atoms with Gasteiger partial charge in [0.05, 0.1) is 33.8 Å². The number of hydrogen-bond acceptors (Lipinski definition) is 12. The Labute approximate surface area is 419 Å². The first kappa shape index (κ1) is 47.9. The molecule has 0 atom stereocenters. The quantitative estimate of drug-likeness (QED) is 0.0770. The lowest BCUT2D eigenvalue weighted by Crippen LogP contribution is -2.44. The summed E-state index contributed by atoms with van der Waals surface area (Å²) in [6, 6.07) is 26.1. The highest BCUT2D eigenvalue weighted by molar-refractivity contribution is 5.74. The first-order chi connectivity index (χ1) is 35.0. The molecule has 2 aliphatic carbocycles. The van der Waals surface area contributed by atoms with Gasteiger partial charge in [-0.2, -0.15) is 19.2 Å². The van der Waals surface area contributed by atoms with Gasteiger partial charge in [-0.15, -0.1) is 0 Å². The molecule has 3 aromatic carbocycles. The van der Waals surface area contributed by atoms with E-state index in [2.05, 4.69) is 106 Å². The highest BCUT2D eigenvalue weighted by atomic mass is 19.1. The third kappa shape index (κ3) is 10.8. The minimum absolute atomic E-state index is 0. The summed E-state index contributed by atoms with van der Waals surface area (Å²) in [7, 11) is 2.16. The lowest BCUT2D eigenvalue weighted by Gasteiger charge is -2.34. The molecule has 0 amide bonds. The third-order valence-electron chi connectivity index (χ3n) is 13.1. The summed E-state index contributed by atoms with van der Waals surface area (Å²) in [5.74, 6) is 2.81. The predicted molar refractivity (Wildman–Crippen MR) is 289 cm³/mol. The third-order valence-corrected chi connectivity index (χ3v) is 13.1. The van der Waals surface area contributed by atoms with E-state index in [9.17, 15) is 14.0 Å². The average molecular weight is 983 g/mol. The molecule has 3 aliphatic rings. The van der Waals surface area contributed by atoms with E-state index in [1.165, 1.54) is 11.8 Å². The fraction of sp³-hybridized carbons (Fsp3) is 0.259. The number of nitrogens with zero attached hydrogens (tertiary/aromatic N) is 8. The molecule has 7 heterocycles. The Morgan fingerprint density at radius 1 is 0.699 bits per heavy atom. The number of H-pyrrole nitrogens is 4. The summed E-state index contributed by atoms with van der Waals surface area (Å²) in [6.07, 6.45) is 11.6. The minimum atomic E-state index is -0.317. The second-order valence-corrected chi connectivity index (χ2v) is 18.7. The monoisotopic (exact) mass is 982 g/mol. The van der Waals surface area contributed by atoms with Crippen molar-refractivity contribution in [2.45, 2.75) is 58.7 Å². The van der Waals surface area contributed by atoms with Gasteiger partial charge in [0.2, 0.25) is 0 Å². The molecule has 19 heteroatoms. The summed E-state index contributed by atoms with van der Waals surface area (Å²) in [5.41, 5.74) is 8.32. The summed E-state index contributed by atoms with van der Waals surface area (Å²) in [4.78, 5) is 48.6. The fourth-order valence-corrected chi connectivity index (χ4v) is 8.83. The maximum absolute atomic E-state index is 14.2. The van der Waals surface area contributed by atoms with Crippen molar-refractivity contribution < 1.29 is 4.39 Å². The Kier molecular flexibility index (Phi) is 13.3. The van der Waals surface area contributed by atoms with Crippen molar-refractivity contribution >= 4 is 71.3 Å². The number of aromatic amines is 4. The molecule has 73 heavy (non-hydrogen) atoms. The number of nitrogens with one attached hydrogen (secondary N) is 8. The molecule has 18 nitrogen and oxygen atoms in total. The number of rotatable bonds is 13. The average Bonchev–Trinajstić information content (AvgIpc) is 4.22. The highest BCUT2D eigenvalue weighted by Gasteiger charge is 2.25. The molecule has 0 radical (unpaired) electrons. The van der Waals surface area contributed by atoms with Crippen molar-refractivity contribution in [1.29, 1.82) is 0 Å². The largest absolute Gasteiger partial charge is 0.369 e. The van der Waals surface area contributed by atoms with Crippen molar-refractivity contribution in [2.75, 3.05) is 59.4 Å². The first-order valence-corrected chi connectivity index (χ1v) is 24.1. The molecule has 374 valence electrons. The normalized spacial score (nSPS) is 15.3. The lowest BCUT2D eigenvalue weighted by atomic mass is 9.96. The summed E-state index contributed by atoms with van der Waals surface area (Å²) in [5, 5.41) is 25.3. The van der Waals surface area contributed by atoms with Crippen molar-refractivity contribution in [3.05, 3.63) is 162 Å². The van der Waals surface area contributed by atoms with E-state index in [4.69, 9.17) is 9.97 Å². The van der Waals surface area contributed by atoms with Gasteiger partial charge in [-0.05, 0) is 104 Å². The van der Waals surface area contributed by atoms with Gasteiger partial charge in [-0.3, -0.25) is 0 Å². The Bertz CT molecular complexity index is 3830. The Morgan fingerprint density at radius 2 is 1.29 bits per heavy atom. The predicted octanol–water partition coefficient (Wildman–Crippen LogP) is 4.98. The Balaban J connectivity index is 0.000000165. The number of hydrogen-bond donors (Lipinski definition) is 8. The number of fused-ring (bicyclic) bond motifs is 2. The van der Waals surface area contributed by atoms with Crippen LogP contribution >= 0.6 is 0 Å². The number of anilines is 6. The number of benzene rings is 3. The van der Waals surface area contributed by atoms with Crippen LogP contribution in [0, 0.1) is 12.7 Å². The summed E-state index contributed by atoms with van der Waals surface area (Å²) >= 11 is 0. The van der Waals surface area contributed by atoms with Crippen molar-refractivity contribution in [3.8, 4) is 11.1 Å². The number of imidazole rings is 2. The minimum Gasteiger partial charge on any atom is -0.369 e. The SMILES string of the molecule is C.C=c1[nH]c(=O)[nH]/c1=C\c1cnn2c(NC3CC3)cc(NCc3ccc(F)cc3-c3ccccc3C)nc12.C=c1[nH]c(=O)[nH]/c1=C\c1cnn2c(NC3CC3)cc(Nc3cccc(N4CCN(C)CC4)c3)nc12. The van der Waals surface area contributed by atoms with E-state index in [0.29, 0.717) is 57.1 Å². The van der Waals surface area contributed by atoms with Crippen molar-refractivity contribution in [3.63, 3.8) is 0 Å². The number of halogens is 1. The maximum Gasteiger partial charge on any atom is 0.323 e. The smallest absolute Gasteiger partial charge is 0.323 e. The fourth-order valence-electron chi connectivity index (χ4n) is 8.83. The molecule has 9 aromatic rings. The Hall–Kier alpha value is -8.71. The van der Waals surface area contributed by atoms with E-state index in [1.54, 1.807) is 29.1 Å². The zero-order chi connectivity index (χ0) is 49.5. The van der Waals surface area contributed by atoms with Gasteiger partial charge in [0.1, 0.15) is 29.1 Å². The molecule has 3 fully saturated rings. The molecule has 2 saturated carbocycles. The molecule has 6 aromatic heterocycles. The van der Waals surface area contributed by atoms with Gasteiger partial charge < -0.3 is 51.0 Å². The molecule has 12 rings (SSSR count). The molecule has 8 N–H and O–H groups in total. The van der Waals surface area contributed by atoms with Crippen LogP contribution in [0.25, 0.3) is 47.7 Å². The van der Waals surface area contributed by atoms with Crippen LogP contribution in [0.1, 0.15) is 55.4 Å². The maximum atomic E-state index is 14.2. The van der Waals surface area contributed by atoms with Crippen LogP contribution in [0.4, 0.5) is 39.0 Å². The van der Waals surface area contributed by atoms with Crippen LogP contribution in [0.5, 0.6) is 0 Å². The molecular weight excluding hydrogens is 924 g/mol. The van der Waals surface area contributed by atoms with Gasteiger partial charge in [-0.25, -0.2) is 23.9 Å². The van der Waals surface area contributed by atoms with Gasteiger partial charge in [0, 0.05) is 79.4 Å². The van der Waals surface area contributed by atoms with Crippen LogP contribution in [-0.4, -0.2) is 99.3 Å². The standard InChI is InChI=1S/C28H26FN7O.C25H29N9O.CH4/c1-16-5-3-4-6-22(16)23-12-20(29)8-7-18(23)14-30-25-13-26(33-21-9-10-21)36-27(35-25)19(15-31-36)11-24-17(2)32-28(37)34-24;1-16-21(30-25(35)27-16)12-17-15-26-34-23(29-18-6-7-18)14-22(31-24(17)34)28-19-4-3-5-20(13-19)33-10-8-32(2)9-11-33;/h3-8,11-13,15,21,33H,2,9-10,14H2,1H3,(H,30,35)(H2,32,34,37);3-5,12-15,18,29H,1,6-11H2,2H3,(H,28,31)(H2,27,30,35);1H4/b24-11-;21-12-;. The van der Waals surface area contributed by atoms with Crippen LogP contribution in [0.2, 0.25) is 0 Å². The van der Waals surface area contributed by atoms with E-state index in [0.717, 1.165) is 108 Å². The van der Waals surface area contributed by atoms with Gasteiger partial charge in [0.15, 0.2) is 11.3 Å². The van der Waals surface area contributed by atoms with Gasteiger partial charge in [-0.1, -0.05) is 57.0 Å². The first-order valence-electron chi connectivity index (χ1n) is 24.1. The van der Waals surface area contributed by atoms with Crippen molar-refractivity contribution in [2.24, 2.45) is 0 Å². The van der Waals surface area contributed by atoms with Crippen molar-refractivity contribution in [1.82, 2.24) is 54.0 Å². The van der Waals surface area contributed by atoms with Crippen LogP contribution in [0.3, 0.4) is 0 Å². The molecular formula is C54H59FN16O2. The summed E-state index contributed by atoms with van der Waals surface area (Å²) < 4.78 is 17.8. The summed E-state index contributed by atoms with van der Waals surface area (Å²) in [6.45, 7) is 14.4. The zero-order valence-electron chi connectivity index (χ0n) is 40.0. The number of aryl methyl sites for hydroxylation is 1. The number of likely N-dealkylation sites (N-methyl/N-ethyl adjacent to an activating group) is 1. The molecule has 1 saturated heterocycles. The van der Waals surface area contributed by atoms with Gasteiger partial charge in [0.25, 0.3) is 0 Å². The Morgan fingerprint density at radius 3 is 1.86 bits per heavy atom. The van der Waals surface area contributed by atoms with E-state index in [1.807, 2.05) is 60.0 Å². The zero-order valence-corrected chi connectivity index (χ0v) is 40.0. The van der Waals surface area contributed by atoms with Crippen LogP contribution < -0.4 is 58.9 Å². The second-order valence-electron chi connectivity index (χ2n) is 18.7. The van der Waals surface area contributed by atoms with Crippen LogP contribution in [-0.2, 0) is 6.54 Å². The molecule has 0 bridgehead atoms. The second kappa shape index (κ2) is 20.2. The van der Waals surface area contributed by atoms with Gasteiger partial charge >= 0.3 is 11.4 Å². The topological polar surface area (TPSA) is 212 Å². The lowest BCUT2D eigenvalue weighted by molar-refractivity contribution is 0.313. The molecule has 0 spiro atoms. The number of piperazine rings is 1. The number of aromatic nitrogens is 10. The highest BCUT2D eigenvalue weighted by Crippen LogP contribution is 2.32. The van der Waals surface area contributed by atoms with Crippen LogP contribution in [0.15, 0.2) is 101 Å².